The summed E-state index contributed by atoms with van der Waals surface area (Å²) in [5.41, 5.74) is 2.22. The lowest BCUT2D eigenvalue weighted by atomic mass is 10.1. The van der Waals surface area contributed by atoms with Crippen LogP contribution in [0.1, 0.15) is 48.5 Å². The summed E-state index contributed by atoms with van der Waals surface area (Å²) >= 11 is 0. The molecule has 2 N–H and O–H groups in total. The van der Waals surface area contributed by atoms with Crippen molar-refractivity contribution < 1.29 is 9.63 Å². The van der Waals surface area contributed by atoms with Gasteiger partial charge < -0.3 is 5.32 Å². The molecule has 0 bridgehead atoms. The molecule has 4 nitrogen and oxygen atoms in total. The van der Waals surface area contributed by atoms with Gasteiger partial charge in [0.05, 0.1) is 5.60 Å². The number of carbonyl (C=O) groups is 1. The standard InChI is InChI=1S/C11H24N2O2/c1-8(13-15-11(5,6)7)9(14)12-10(2,3)4/h8,13H,1-7H3,(H,12,14). The smallest absolute Gasteiger partial charge is 0.239 e. The first-order chi connectivity index (χ1) is 6.51. The molecule has 0 fully saturated rings. The maximum absolute atomic E-state index is 11.6. The second-order valence-corrected chi connectivity index (χ2v) is 5.79. The minimum Gasteiger partial charge on any atom is -0.350 e. The monoisotopic (exact) mass is 216 g/mol. The van der Waals surface area contributed by atoms with Crippen molar-refractivity contribution >= 4 is 5.91 Å². The van der Waals surface area contributed by atoms with Gasteiger partial charge in [0.2, 0.25) is 5.91 Å². The van der Waals surface area contributed by atoms with Crippen LogP contribution in [0, 0.1) is 0 Å². The van der Waals surface area contributed by atoms with Crippen molar-refractivity contribution in [2.24, 2.45) is 0 Å². The van der Waals surface area contributed by atoms with Crippen LogP contribution in [0.25, 0.3) is 0 Å². The van der Waals surface area contributed by atoms with Crippen molar-refractivity contribution in [2.75, 3.05) is 0 Å². The van der Waals surface area contributed by atoms with Crippen LogP contribution < -0.4 is 10.8 Å². The zero-order valence-corrected chi connectivity index (χ0v) is 10.9. The third-order valence-corrected chi connectivity index (χ3v) is 1.43. The number of hydroxylamine groups is 1. The van der Waals surface area contributed by atoms with E-state index in [-0.39, 0.29) is 23.1 Å². The highest BCUT2D eigenvalue weighted by Crippen LogP contribution is 2.05. The first-order valence-electron chi connectivity index (χ1n) is 5.27. The molecule has 1 atom stereocenters. The minimum absolute atomic E-state index is 0.0632. The molecule has 0 aromatic heterocycles. The molecule has 0 saturated carbocycles. The molecule has 0 aliphatic carbocycles. The van der Waals surface area contributed by atoms with Crippen LogP contribution in [0.15, 0.2) is 0 Å². The average Bonchev–Trinajstić information content (AvgIpc) is 1.95. The highest BCUT2D eigenvalue weighted by Gasteiger charge is 2.21. The predicted molar refractivity (Wildman–Crippen MR) is 61.3 cm³/mol. The van der Waals surface area contributed by atoms with Gasteiger partial charge in [0.1, 0.15) is 6.04 Å². The lowest BCUT2D eigenvalue weighted by molar-refractivity contribution is -0.134. The molecular weight excluding hydrogens is 192 g/mol. The molecule has 0 saturated heterocycles. The minimum atomic E-state index is -0.358. The fraction of sp³-hybridized carbons (Fsp3) is 0.909. The highest BCUT2D eigenvalue weighted by molar-refractivity contribution is 5.81. The second kappa shape index (κ2) is 4.94. The maximum atomic E-state index is 11.6. The molecule has 0 aromatic rings. The lowest BCUT2D eigenvalue weighted by Gasteiger charge is -2.26. The number of nitrogens with one attached hydrogen (secondary N) is 2. The van der Waals surface area contributed by atoms with E-state index in [1.165, 1.54) is 0 Å². The van der Waals surface area contributed by atoms with E-state index in [2.05, 4.69) is 10.8 Å². The summed E-state index contributed by atoms with van der Waals surface area (Å²) in [4.78, 5) is 16.9. The first kappa shape index (κ1) is 14.4. The van der Waals surface area contributed by atoms with Crippen LogP contribution in [0.3, 0.4) is 0 Å². The normalized spacial score (nSPS) is 14.9. The van der Waals surface area contributed by atoms with Crippen LogP contribution in [0.5, 0.6) is 0 Å². The molecule has 0 radical (unpaired) electrons. The van der Waals surface area contributed by atoms with Gasteiger partial charge in [0.25, 0.3) is 0 Å². The molecule has 0 spiro atoms. The average molecular weight is 216 g/mol. The quantitative estimate of drug-likeness (QED) is 0.705. The molecule has 0 aliphatic heterocycles. The van der Waals surface area contributed by atoms with Gasteiger partial charge in [0.15, 0.2) is 0 Å². The Kier molecular flexibility index (Phi) is 4.74. The third-order valence-electron chi connectivity index (χ3n) is 1.43. The van der Waals surface area contributed by atoms with E-state index in [0.717, 1.165) is 0 Å². The number of rotatable bonds is 3. The molecule has 1 unspecified atom stereocenters. The zero-order valence-electron chi connectivity index (χ0n) is 10.9. The zero-order chi connectivity index (χ0) is 12.3. The maximum Gasteiger partial charge on any atom is 0.239 e. The molecule has 0 rings (SSSR count). The third kappa shape index (κ3) is 8.39. The Labute approximate surface area is 92.7 Å². The number of hydrogen-bond donors (Lipinski definition) is 2. The van der Waals surface area contributed by atoms with E-state index in [4.69, 9.17) is 4.84 Å². The van der Waals surface area contributed by atoms with Gasteiger partial charge in [-0.2, -0.15) is 5.48 Å². The molecule has 15 heavy (non-hydrogen) atoms. The van der Waals surface area contributed by atoms with E-state index in [9.17, 15) is 4.79 Å². The Morgan fingerprint density at radius 3 is 1.93 bits per heavy atom. The SMILES string of the molecule is CC(NOC(C)(C)C)C(=O)NC(C)(C)C. The van der Waals surface area contributed by atoms with Crippen molar-refractivity contribution in [3.05, 3.63) is 0 Å². The Hall–Kier alpha value is -0.610. The van der Waals surface area contributed by atoms with Crippen molar-refractivity contribution in [2.45, 2.75) is 65.6 Å². The Morgan fingerprint density at radius 2 is 1.60 bits per heavy atom. The Morgan fingerprint density at radius 1 is 1.13 bits per heavy atom. The van der Waals surface area contributed by atoms with Gasteiger partial charge in [0, 0.05) is 5.54 Å². The van der Waals surface area contributed by atoms with Crippen molar-refractivity contribution in [1.82, 2.24) is 10.8 Å². The predicted octanol–water partition coefficient (Wildman–Crippen LogP) is 1.61. The highest BCUT2D eigenvalue weighted by atomic mass is 16.7. The molecule has 90 valence electrons. The van der Waals surface area contributed by atoms with E-state index >= 15 is 0 Å². The molecule has 1 amide bonds. The summed E-state index contributed by atoms with van der Waals surface area (Å²) in [6.07, 6.45) is 0. The molecular formula is C11H24N2O2. The van der Waals surface area contributed by atoms with Crippen LogP contribution in [-0.2, 0) is 9.63 Å². The van der Waals surface area contributed by atoms with Gasteiger partial charge in [-0.05, 0) is 48.5 Å². The van der Waals surface area contributed by atoms with Crippen molar-refractivity contribution in [3.63, 3.8) is 0 Å². The van der Waals surface area contributed by atoms with Crippen molar-refractivity contribution in [3.8, 4) is 0 Å². The first-order valence-corrected chi connectivity index (χ1v) is 5.27. The Balaban J connectivity index is 4.01. The molecule has 0 heterocycles. The topological polar surface area (TPSA) is 50.4 Å². The summed E-state index contributed by atoms with van der Waals surface area (Å²) in [7, 11) is 0. The number of carbonyl (C=O) groups excluding carboxylic acids is 1. The Bertz CT molecular complexity index is 214. The lowest BCUT2D eigenvalue weighted by Crippen LogP contribution is -2.50. The fourth-order valence-electron chi connectivity index (χ4n) is 0.797. The summed E-state index contributed by atoms with van der Waals surface area (Å²) in [5.74, 6) is -0.0632. The van der Waals surface area contributed by atoms with E-state index in [0.29, 0.717) is 0 Å². The largest absolute Gasteiger partial charge is 0.350 e. The number of hydrogen-bond acceptors (Lipinski definition) is 3. The van der Waals surface area contributed by atoms with E-state index in [1.807, 2.05) is 41.5 Å². The van der Waals surface area contributed by atoms with Crippen LogP contribution >= 0.6 is 0 Å². The summed E-state index contributed by atoms with van der Waals surface area (Å²) in [6.45, 7) is 13.4. The molecule has 0 aliphatic rings. The molecule has 4 heteroatoms. The van der Waals surface area contributed by atoms with Gasteiger partial charge in [-0.15, -0.1) is 0 Å². The van der Waals surface area contributed by atoms with Crippen LogP contribution in [-0.4, -0.2) is 23.1 Å². The van der Waals surface area contributed by atoms with Crippen molar-refractivity contribution in [1.29, 1.82) is 0 Å². The van der Waals surface area contributed by atoms with Gasteiger partial charge in [-0.25, -0.2) is 0 Å². The second-order valence-electron chi connectivity index (χ2n) is 5.79. The summed E-state index contributed by atoms with van der Waals surface area (Å²) in [5, 5.41) is 2.87. The van der Waals surface area contributed by atoms with Gasteiger partial charge >= 0.3 is 0 Å². The van der Waals surface area contributed by atoms with Gasteiger partial charge in [-0.1, -0.05) is 0 Å². The van der Waals surface area contributed by atoms with Gasteiger partial charge in [-0.3, -0.25) is 9.63 Å². The number of amides is 1. The summed E-state index contributed by atoms with van der Waals surface area (Å²) < 4.78 is 0. The van der Waals surface area contributed by atoms with Crippen LogP contribution in [0.2, 0.25) is 0 Å². The fourth-order valence-corrected chi connectivity index (χ4v) is 0.797. The van der Waals surface area contributed by atoms with E-state index < -0.39 is 0 Å². The van der Waals surface area contributed by atoms with E-state index in [1.54, 1.807) is 6.92 Å². The van der Waals surface area contributed by atoms with Crippen LogP contribution in [0.4, 0.5) is 0 Å². The summed E-state index contributed by atoms with van der Waals surface area (Å²) in [6, 6.07) is -0.358. The molecule has 0 aromatic carbocycles.